The fourth-order valence-corrected chi connectivity index (χ4v) is 1.60. The molecule has 1 rings (SSSR count). The molecule has 0 unspecified atom stereocenters. The largest absolute Gasteiger partial charge is 0.494 e. The first-order valence-electron chi connectivity index (χ1n) is 6.01. The molecule has 0 aliphatic rings. The van der Waals surface area contributed by atoms with Crippen molar-refractivity contribution in [3.63, 3.8) is 0 Å². The number of methoxy groups -OCH3 is 2. The van der Waals surface area contributed by atoms with Gasteiger partial charge in [-0.1, -0.05) is 6.07 Å². The summed E-state index contributed by atoms with van der Waals surface area (Å²) in [6.45, 7) is 3.15. The minimum absolute atomic E-state index is 0.101. The number of esters is 2. The van der Waals surface area contributed by atoms with Crippen LogP contribution in [0.5, 0.6) is 5.75 Å². The highest BCUT2D eigenvalue weighted by Gasteiger charge is 2.31. The van der Waals surface area contributed by atoms with Crippen molar-refractivity contribution >= 4 is 17.6 Å². The second kappa shape index (κ2) is 6.27. The zero-order valence-electron chi connectivity index (χ0n) is 12.1. The summed E-state index contributed by atoms with van der Waals surface area (Å²) in [5.74, 6) is -0.802. The van der Waals surface area contributed by atoms with E-state index in [1.54, 1.807) is 32.0 Å². The average molecular weight is 281 g/mol. The topological polar surface area (TPSA) is 87.9 Å². The van der Waals surface area contributed by atoms with Crippen molar-refractivity contribution in [3.8, 4) is 5.75 Å². The van der Waals surface area contributed by atoms with Crippen molar-refractivity contribution in [3.05, 3.63) is 23.8 Å². The van der Waals surface area contributed by atoms with Crippen molar-refractivity contribution in [2.24, 2.45) is 5.41 Å². The van der Waals surface area contributed by atoms with E-state index in [-0.39, 0.29) is 17.9 Å². The Morgan fingerprint density at radius 2 is 1.90 bits per heavy atom. The Bertz CT molecular complexity index is 510. The molecule has 0 bridgehead atoms. The van der Waals surface area contributed by atoms with E-state index in [1.165, 1.54) is 14.2 Å². The third-order valence-electron chi connectivity index (χ3n) is 2.77. The molecular weight excluding hydrogens is 262 g/mol. The SMILES string of the molecule is COC(=O)C(C)(C)COC(=O)c1cccc(N)c1OC. The normalized spacial score (nSPS) is 10.8. The Morgan fingerprint density at radius 3 is 2.45 bits per heavy atom. The molecule has 0 heterocycles. The number of rotatable bonds is 5. The molecule has 0 fully saturated rings. The molecule has 20 heavy (non-hydrogen) atoms. The van der Waals surface area contributed by atoms with Gasteiger partial charge < -0.3 is 19.9 Å². The lowest BCUT2D eigenvalue weighted by Gasteiger charge is -2.21. The number of carbonyl (C=O) groups excluding carboxylic acids is 2. The van der Waals surface area contributed by atoms with E-state index in [4.69, 9.17) is 15.2 Å². The van der Waals surface area contributed by atoms with Crippen LogP contribution in [0.2, 0.25) is 0 Å². The van der Waals surface area contributed by atoms with Gasteiger partial charge in [0.15, 0.2) is 5.75 Å². The van der Waals surface area contributed by atoms with Crippen LogP contribution in [-0.4, -0.2) is 32.8 Å². The molecule has 0 aromatic heterocycles. The van der Waals surface area contributed by atoms with Crippen LogP contribution in [0.1, 0.15) is 24.2 Å². The van der Waals surface area contributed by atoms with Crippen LogP contribution in [-0.2, 0) is 14.3 Å². The number of anilines is 1. The smallest absolute Gasteiger partial charge is 0.342 e. The van der Waals surface area contributed by atoms with E-state index in [0.29, 0.717) is 5.69 Å². The summed E-state index contributed by atoms with van der Waals surface area (Å²) in [6.07, 6.45) is 0. The highest BCUT2D eigenvalue weighted by atomic mass is 16.5. The van der Waals surface area contributed by atoms with Crippen LogP contribution in [0.3, 0.4) is 0 Å². The molecule has 1 aromatic rings. The summed E-state index contributed by atoms with van der Waals surface area (Å²) in [7, 11) is 2.70. The van der Waals surface area contributed by atoms with Crippen LogP contribution in [0.25, 0.3) is 0 Å². The monoisotopic (exact) mass is 281 g/mol. The first kappa shape index (κ1) is 15.8. The Kier molecular flexibility index (Phi) is 4.96. The van der Waals surface area contributed by atoms with Gasteiger partial charge in [0.05, 0.1) is 25.3 Å². The van der Waals surface area contributed by atoms with Gasteiger partial charge in [0, 0.05) is 0 Å². The quantitative estimate of drug-likeness (QED) is 0.652. The van der Waals surface area contributed by atoms with E-state index >= 15 is 0 Å². The van der Waals surface area contributed by atoms with E-state index in [9.17, 15) is 9.59 Å². The van der Waals surface area contributed by atoms with Crippen molar-refractivity contribution in [1.82, 2.24) is 0 Å². The predicted molar refractivity (Wildman–Crippen MR) is 73.5 cm³/mol. The lowest BCUT2D eigenvalue weighted by molar-refractivity contribution is -0.152. The van der Waals surface area contributed by atoms with Crippen LogP contribution in [0.4, 0.5) is 5.69 Å². The van der Waals surface area contributed by atoms with Crippen molar-refractivity contribution in [1.29, 1.82) is 0 Å². The lowest BCUT2D eigenvalue weighted by Crippen LogP contribution is -2.32. The van der Waals surface area contributed by atoms with Gasteiger partial charge in [-0.15, -0.1) is 0 Å². The maximum Gasteiger partial charge on any atom is 0.342 e. The second-order valence-electron chi connectivity index (χ2n) is 4.88. The molecule has 0 radical (unpaired) electrons. The summed E-state index contributed by atoms with van der Waals surface area (Å²) in [6, 6.07) is 4.79. The lowest BCUT2D eigenvalue weighted by atomic mass is 9.95. The van der Waals surface area contributed by atoms with Crippen LogP contribution >= 0.6 is 0 Å². The van der Waals surface area contributed by atoms with Crippen LogP contribution < -0.4 is 10.5 Å². The van der Waals surface area contributed by atoms with Gasteiger partial charge >= 0.3 is 11.9 Å². The number of carbonyl (C=O) groups is 2. The molecule has 0 amide bonds. The summed E-state index contributed by atoms with van der Waals surface area (Å²) < 4.78 is 14.9. The summed E-state index contributed by atoms with van der Waals surface area (Å²) in [4.78, 5) is 23.5. The maximum absolute atomic E-state index is 12.0. The van der Waals surface area contributed by atoms with Gasteiger partial charge in [-0.3, -0.25) is 4.79 Å². The second-order valence-corrected chi connectivity index (χ2v) is 4.88. The third kappa shape index (κ3) is 3.40. The molecule has 2 N–H and O–H groups in total. The highest BCUT2D eigenvalue weighted by molar-refractivity contribution is 5.94. The molecule has 0 atom stereocenters. The summed E-state index contributed by atoms with van der Waals surface area (Å²) in [5.41, 5.74) is 5.35. The minimum Gasteiger partial charge on any atom is -0.494 e. The number of para-hydroxylation sites is 1. The first-order chi connectivity index (χ1) is 9.33. The van der Waals surface area contributed by atoms with Crippen LogP contribution in [0, 0.1) is 5.41 Å². The molecule has 6 nitrogen and oxygen atoms in total. The van der Waals surface area contributed by atoms with Crippen molar-refractivity contribution in [2.45, 2.75) is 13.8 Å². The highest BCUT2D eigenvalue weighted by Crippen LogP contribution is 2.27. The fourth-order valence-electron chi connectivity index (χ4n) is 1.60. The fraction of sp³-hybridized carbons (Fsp3) is 0.429. The molecular formula is C14H19NO5. The molecule has 110 valence electrons. The van der Waals surface area contributed by atoms with E-state index in [2.05, 4.69) is 4.74 Å². The van der Waals surface area contributed by atoms with Crippen molar-refractivity contribution < 1.29 is 23.8 Å². The maximum atomic E-state index is 12.0. The zero-order valence-corrected chi connectivity index (χ0v) is 12.1. The van der Waals surface area contributed by atoms with Gasteiger partial charge in [-0.25, -0.2) is 4.79 Å². The van der Waals surface area contributed by atoms with Gasteiger partial charge in [-0.2, -0.15) is 0 Å². The number of nitrogen functional groups attached to an aromatic ring is 1. The Labute approximate surface area is 117 Å². The molecule has 1 aromatic carbocycles. The van der Waals surface area contributed by atoms with Crippen molar-refractivity contribution in [2.75, 3.05) is 26.6 Å². The number of hydrogen-bond donors (Lipinski definition) is 1. The number of nitrogens with two attached hydrogens (primary N) is 1. The molecule has 0 saturated carbocycles. The Morgan fingerprint density at radius 1 is 1.25 bits per heavy atom. The molecule has 0 saturated heterocycles. The Hall–Kier alpha value is -2.24. The third-order valence-corrected chi connectivity index (χ3v) is 2.77. The molecule has 0 aliphatic carbocycles. The predicted octanol–water partition coefficient (Wildman–Crippen LogP) is 1.63. The number of hydrogen-bond acceptors (Lipinski definition) is 6. The van der Waals surface area contributed by atoms with Gasteiger partial charge in [0.2, 0.25) is 0 Å². The van der Waals surface area contributed by atoms with Gasteiger partial charge in [0.25, 0.3) is 0 Å². The number of benzene rings is 1. The van der Waals surface area contributed by atoms with E-state index in [0.717, 1.165) is 0 Å². The number of ether oxygens (including phenoxy) is 3. The first-order valence-corrected chi connectivity index (χ1v) is 6.01. The standard InChI is InChI=1S/C14H19NO5/c1-14(2,13(17)19-4)8-20-12(16)9-6-5-7-10(15)11(9)18-3/h5-7H,8,15H2,1-4H3. The minimum atomic E-state index is -0.919. The summed E-state index contributed by atoms with van der Waals surface area (Å²) >= 11 is 0. The Balaban J connectivity index is 2.83. The van der Waals surface area contributed by atoms with E-state index < -0.39 is 17.4 Å². The average Bonchev–Trinajstić information content (AvgIpc) is 2.43. The van der Waals surface area contributed by atoms with E-state index in [1.807, 2.05) is 0 Å². The summed E-state index contributed by atoms with van der Waals surface area (Å²) in [5, 5.41) is 0. The van der Waals surface area contributed by atoms with Gasteiger partial charge in [0.1, 0.15) is 12.2 Å². The molecule has 0 aliphatic heterocycles. The zero-order chi connectivity index (χ0) is 15.3. The molecule has 0 spiro atoms. The molecule has 6 heteroatoms. The van der Waals surface area contributed by atoms with Gasteiger partial charge in [-0.05, 0) is 26.0 Å². The van der Waals surface area contributed by atoms with Crippen LogP contribution in [0.15, 0.2) is 18.2 Å².